The lowest BCUT2D eigenvalue weighted by atomic mass is 10.2. The van der Waals surface area contributed by atoms with E-state index in [2.05, 4.69) is 40.1 Å². The van der Waals surface area contributed by atoms with Crippen LogP contribution in [0.25, 0.3) is 0 Å². The second kappa shape index (κ2) is 7.94. The van der Waals surface area contributed by atoms with E-state index in [1.165, 1.54) is 24.9 Å². The average molecular weight is 331 g/mol. The van der Waals surface area contributed by atoms with E-state index in [-0.39, 0.29) is 0 Å². The minimum Gasteiger partial charge on any atom is -0.444 e. The Morgan fingerprint density at radius 1 is 1.38 bits per heavy atom. The Morgan fingerprint density at radius 3 is 2.96 bits per heavy atom. The number of aryl methyl sites for hydroxylation is 3. The summed E-state index contributed by atoms with van der Waals surface area (Å²) in [6.45, 7) is 6.39. The summed E-state index contributed by atoms with van der Waals surface area (Å²) in [5.74, 6) is 1.81. The van der Waals surface area contributed by atoms with Crippen molar-refractivity contribution in [3.8, 4) is 0 Å². The zero-order chi connectivity index (χ0) is 16.9. The van der Waals surface area contributed by atoms with Crippen LogP contribution in [0.4, 0.5) is 0 Å². The molecule has 132 valence electrons. The summed E-state index contributed by atoms with van der Waals surface area (Å²) in [6, 6.07) is 0.598. The predicted molar refractivity (Wildman–Crippen MR) is 93.7 cm³/mol. The van der Waals surface area contributed by atoms with Crippen molar-refractivity contribution in [2.24, 2.45) is 7.05 Å². The standard InChI is InChI=1S/C18H29N5O/c1-4-17-11-19-18(24-17)14-21(2)16-7-9-23(13-16)8-5-6-15-10-20-22(3)12-15/h10-12,16H,4-9,13-14H2,1-3H3. The SMILES string of the molecule is CCc1cnc(CN(C)C2CCN(CCCc3cnn(C)c3)C2)o1. The van der Waals surface area contributed by atoms with E-state index in [1.54, 1.807) is 0 Å². The number of aromatic nitrogens is 3. The highest BCUT2D eigenvalue weighted by atomic mass is 16.4. The summed E-state index contributed by atoms with van der Waals surface area (Å²) >= 11 is 0. The van der Waals surface area contributed by atoms with Crippen molar-refractivity contribution in [1.82, 2.24) is 24.6 Å². The summed E-state index contributed by atoms with van der Waals surface area (Å²) in [6.07, 6.45) is 10.4. The first-order valence-electron chi connectivity index (χ1n) is 8.97. The van der Waals surface area contributed by atoms with E-state index in [0.29, 0.717) is 6.04 Å². The zero-order valence-electron chi connectivity index (χ0n) is 15.1. The lowest BCUT2D eigenvalue weighted by Crippen LogP contribution is -2.34. The average Bonchev–Trinajstić information content (AvgIpc) is 3.29. The van der Waals surface area contributed by atoms with E-state index in [0.717, 1.165) is 44.1 Å². The van der Waals surface area contributed by atoms with Crippen LogP contribution in [-0.2, 0) is 26.4 Å². The molecule has 0 spiro atoms. The number of likely N-dealkylation sites (tertiary alicyclic amines) is 1. The number of hydrogen-bond donors (Lipinski definition) is 0. The van der Waals surface area contributed by atoms with Crippen LogP contribution >= 0.6 is 0 Å². The molecule has 3 rings (SSSR count). The first-order valence-corrected chi connectivity index (χ1v) is 8.97. The third-order valence-electron chi connectivity index (χ3n) is 4.90. The summed E-state index contributed by atoms with van der Waals surface area (Å²) < 4.78 is 7.61. The van der Waals surface area contributed by atoms with E-state index in [4.69, 9.17) is 4.42 Å². The van der Waals surface area contributed by atoms with Crippen LogP contribution in [0, 0.1) is 0 Å². The molecule has 1 unspecified atom stereocenters. The molecule has 0 radical (unpaired) electrons. The van der Waals surface area contributed by atoms with Crippen molar-refractivity contribution in [2.45, 2.75) is 45.2 Å². The van der Waals surface area contributed by atoms with Gasteiger partial charge in [0.2, 0.25) is 5.89 Å². The van der Waals surface area contributed by atoms with Gasteiger partial charge in [0.15, 0.2) is 0 Å². The molecular weight excluding hydrogens is 302 g/mol. The molecule has 1 aliphatic rings. The molecule has 2 aromatic heterocycles. The molecule has 1 aliphatic heterocycles. The highest BCUT2D eigenvalue weighted by molar-refractivity contribution is 5.03. The molecule has 6 heteroatoms. The maximum absolute atomic E-state index is 5.73. The van der Waals surface area contributed by atoms with Crippen molar-refractivity contribution < 1.29 is 4.42 Å². The number of hydrogen-bond acceptors (Lipinski definition) is 5. The normalized spacial score (nSPS) is 18.8. The summed E-state index contributed by atoms with van der Waals surface area (Å²) in [4.78, 5) is 9.33. The van der Waals surface area contributed by atoms with Gasteiger partial charge in [-0.1, -0.05) is 6.92 Å². The van der Waals surface area contributed by atoms with Gasteiger partial charge in [-0.15, -0.1) is 0 Å². The molecule has 0 amide bonds. The largest absolute Gasteiger partial charge is 0.444 e. The maximum atomic E-state index is 5.73. The Labute approximate surface area is 144 Å². The molecule has 24 heavy (non-hydrogen) atoms. The van der Waals surface area contributed by atoms with Crippen LogP contribution in [0.1, 0.15) is 37.0 Å². The van der Waals surface area contributed by atoms with Crippen LogP contribution in [-0.4, -0.2) is 57.3 Å². The second-order valence-electron chi connectivity index (χ2n) is 6.86. The van der Waals surface area contributed by atoms with E-state index in [9.17, 15) is 0 Å². The molecule has 6 nitrogen and oxygen atoms in total. The first-order chi connectivity index (χ1) is 11.6. The van der Waals surface area contributed by atoms with Gasteiger partial charge in [-0.25, -0.2) is 4.98 Å². The van der Waals surface area contributed by atoms with Crippen LogP contribution in [0.5, 0.6) is 0 Å². The minimum absolute atomic E-state index is 0.598. The van der Waals surface area contributed by atoms with Crippen LogP contribution in [0.3, 0.4) is 0 Å². The van der Waals surface area contributed by atoms with Gasteiger partial charge >= 0.3 is 0 Å². The smallest absolute Gasteiger partial charge is 0.208 e. The van der Waals surface area contributed by atoms with Crippen molar-refractivity contribution in [2.75, 3.05) is 26.7 Å². The number of rotatable bonds is 8. The molecule has 1 fully saturated rings. The molecule has 3 heterocycles. The summed E-state index contributed by atoms with van der Waals surface area (Å²) in [5.41, 5.74) is 1.33. The molecule has 0 bridgehead atoms. The van der Waals surface area contributed by atoms with Crippen LogP contribution in [0.15, 0.2) is 23.0 Å². The quantitative estimate of drug-likeness (QED) is 0.741. The fourth-order valence-electron chi connectivity index (χ4n) is 3.41. The molecule has 2 aromatic rings. The van der Waals surface area contributed by atoms with Crippen LogP contribution in [0.2, 0.25) is 0 Å². The molecule has 0 N–H and O–H groups in total. The zero-order valence-corrected chi connectivity index (χ0v) is 15.1. The minimum atomic E-state index is 0.598. The topological polar surface area (TPSA) is 50.3 Å². The van der Waals surface area contributed by atoms with Crippen molar-refractivity contribution >= 4 is 0 Å². The highest BCUT2D eigenvalue weighted by Gasteiger charge is 2.26. The first kappa shape index (κ1) is 17.2. The monoisotopic (exact) mass is 331 g/mol. The van der Waals surface area contributed by atoms with Crippen molar-refractivity contribution in [3.05, 3.63) is 35.8 Å². The van der Waals surface area contributed by atoms with Gasteiger partial charge in [0, 0.05) is 32.3 Å². The molecule has 0 saturated carbocycles. The van der Waals surface area contributed by atoms with Gasteiger partial charge in [0.25, 0.3) is 0 Å². The third kappa shape index (κ3) is 4.45. The molecule has 1 saturated heterocycles. The summed E-state index contributed by atoms with van der Waals surface area (Å²) in [7, 11) is 4.15. The fourth-order valence-corrected chi connectivity index (χ4v) is 3.41. The van der Waals surface area contributed by atoms with Gasteiger partial charge in [-0.05, 0) is 45.0 Å². The van der Waals surface area contributed by atoms with Crippen molar-refractivity contribution in [3.63, 3.8) is 0 Å². The third-order valence-corrected chi connectivity index (χ3v) is 4.90. The number of likely N-dealkylation sites (N-methyl/N-ethyl adjacent to an activating group) is 1. The van der Waals surface area contributed by atoms with Gasteiger partial charge in [0.05, 0.1) is 18.9 Å². The second-order valence-corrected chi connectivity index (χ2v) is 6.86. The molecule has 0 aliphatic carbocycles. The van der Waals surface area contributed by atoms with E-state index >= 15 is 0 Å². The summed E-state index contributed by atoms with van der Waals surface area (Å²) in [5, 5.41) is 4.23. The van der Waals surface area contributed by atoms with E-state index in [1.807, 2.05) is 24.1 Å². The Bertz CT molecular complexity index is 635. The van der Waals surface area contributed by atoms with Gasteiger partial charge < -0.3 is 9.32 Å². The van der Waals surface area contributed by atoms with E-state index < -0.39 is 0 Å². The number of oxazole rings is 1. The van der Waals surface area contributed by atoms with Crippen LogP contribution < -0.4 is 0 Å². The van der Waals surface area contributed by atoms with Crippen molar-refractivity contribution in [1.29, 1.82) is 0 Å². The van der Waals surface area contributed by atoms with Gasteiger partial charge in [-0.3, -0.25) is 9.58 Å². The van der Waals surface area contributed by atoms with Gasteiger partial charge in [0.1, 0.15) is 5.76 Å². The Hall–Kier alpha value is -1.66. The van der Waals surface area contributed by atoms with Gasteiger partial charge in [-0.2, -0.15) is 5.10 Å². The predicted octanol–water partition coefficient (Wildman–Crippen LogP) is 2.11. The fraction of sp³-hybridized carbons (Fsp3) is 0.667. The molecule has 0 aromatic carbocycles. The number of nitrogens with zero attached hydrogens (tertiary/aromatic N) is 5. The lowest BCUT2D eigenvalue weighted by Gasteiger charge is -2.23. The molecular formula is C18H29N5O. The highest BCUT2D eigenvalue weighted by Crippen LogP contribution is 2.17. The Kier molecular flexibility index (Phi) is 5.68. The maximum Gasteiger partial charge on any atom is 0.208 e. The molecule has 1 atom stereocenters. The Morgan fingerprint density at radius 2 is 2.25 bits per heavy atom. The lowest BCUT2D eigenvalue weighted by molar-refractivity contribution is 0.205. The Balaban J connectivity index is 1.39.